The molecule has 3 heteroatoms. The Bertz CT molecular complexity index is 203. The SMILES string of the molecule is CC(C)(CBr)CN1CCC(O)C1(C)C. The highest BCUT2D eigenvalue weighted by Crippen LogP contribution is 2.32. The third-order valence-corrected chi connectivity index (χ3v) is 4.80. The van der Waals surface area contributed by atoms with Gasteiger partial charge in [0.15, 0.2) is 0 Å². The van der Waals surface area contributed by atoms with Crippen LogP contribution < -0.4 is 0 Å². The van der Waals surface area contributed by atoms with Gasteiger partial charge in [-0.2, -0.15) is 0 Å². The maximum Gasteiger partial charge on any atom is 0.0730 e. The molecule has 0 saturated carbocycles. The van der Waals surface area contributed by atoms with Crippen LogP contribution in [0.15, 0.2) is 0 Å². The molecule has 14 heavy (non-hydrogen) atoms. The Labute approximate surface area is 95.8 Å². The van der Waals surface area contributed by atoms with E-state index in [1.807, 2.05) is 0 Å². The first-order chi connectivity index (χ1) is 6.29. The lowest BCUT2D eigenvalue weighted by Gasteiger charge is -2.38. The Hall–Kier alpha value is 0.400. The van der Waals surface area contributed by atoms with Crippen molar-refractivity contribution in [1.82, 2.24) is 4.90 Å². The molecule has 1 atom stereocenters. The second-order valence-corrected chi connectivity index (χ2v) is 6.24. The minimum Gasteiger partial charge on any atom is -0.391 e. The third kappa shape index (κ3) is 2.50. The fraction of sp³-hybridized carbons (Fsp3) is 1.00. The molecule has 1 saturated heterocycles. The summed E-state index contributed by atoms with van der Waals surface area (Å²) in [7, 11) is 0. The number of alkyl halides is 1. The predicted octanol–water partition coefficient (Wildman–Crippen LogP) is 2.25. The van der Waals surface area contributed by atoms with Gasteiger partial charge in [0, 0.05) is 24.0 Å². The number of halogens is 1. The lowest BCUT2D eigenvalue weighted by molar-refractivity contribution is 0.0386. The van der Waals surface area contributed by atoms with E-state index in [1.54, 1.807) is 0 Å². The molecular formula is C11H22BrNO. The summed E-state index contributed by atoms with van der Waals surface area (Å²) in [5.41, 5.74) is 0.223. The summed E-state index contributed by atoms with van der Waals surface area (Å²) in [4.78, 5) is 2.40. The highest BCUT2D eigenvalue weighted by Gasteiger charge is 2.41. The minimum absolute atomic E-state index is 0.0561. The monoisotopic (exact) mass is 263 g/mol. The van der Waals surface area contributed by atoms with Crippen LogP contribution in [-0.2, 0) is 0 Å². The Kier molecular flexibility index (Phi) is 3.66. The van der Waals surface area contributed by atoms with Crippen LogP contribution in [0.4, 0.5) is 0 Å². The number of rotatable bonds is 3. The molecule has 1 heterocycles. The van der Waals surface area contributed by atoms with Gasteiger partial charge in [-0.1, -0.05) is 29.8 Å². The van der Waals surface area contributed by atoms with Crippen LogP contribution in [0, 0.1) is 5.41 Å². The zero-order valence-corrected chi connectivity index (χ0v) is 11.3. The van der Waals surface area contributed by atoms with E-state index in [0.29, 0.717) is 0 Å². The van der Waals surface area contributed by atoms with Crippen molar-refractivity contribution in [1.29, 1.82) is 0 Å². The Balaban J connectivity index is 2.63. The van der Waals surface area contributed by atoms with Crippen molar-refractivity contribution in [3.63, 3.8) is 0 Å². The molecule has 0 aromatic rings. The van der Waals surface area contributed by atoms with Crippen molar-refractivity contribution in [2.45, 2.75) is 45.8 Å². The molecule has 1 N–H and O–H groups in total. The molecule has 0 aliphatic carbocycles. The largest absolute Gasteiger partial charge is 0.391 e. The van der Waals surface area contributed by atoms with Gasteiger partial charge in [-0.05, 0) is 25.7 Å². The molecule has 1 aliphatic heterocycles. The van der Waals surface area contributed by atoms with Crippen LogP contribution in [0.25, 0.3) is 0 Å². The van der Waals surface area contributed by atoms with Gasteiger partial charge in [-0.15, -0.1) is 0 Å². The third-order valence-electron chi connectivity index (χ3n) is 3.28. The predicted molar refractivity (Wildman–Crippen MR) is 63.9 cm³/mol. The van der Waals surface area contributed by atoms with Gasteiger partial charge in [0.1, 0.15) is 0 Å². The van der Waals surface area contributed by atoms with E-state index in [2.05, 4.69) is 48.5 Å². The summed E-state index contributed by atoms with van der Waals surface area (Å²) >= 11 is 3.54. The minimum atomic E-state index is -0.173. The van der Waals surface area contributed by atoms with E-state index in [4.69, 9.17) is 0 Å². The van der Waals surface area contributed by atoms with Gasteiger partial charge in [0.05, 0.1) is 6.10 Å². The van der Waals surface area contributed by atoms with Crippen molar-refractivity contribution in [3.8, 4) is 0 Å². The highest BCUT2D eigenvalue weighted by atomic mass is 79.9. The summed E-state index contributed by atoms with van der Waals surface area (Å²) in [5.74, 6) is 0. The molecule has 0 aromatic heterocycles. The van der Waals surface area contributed by atoms with E-state index in [9.17, 15) is 5.11 Å². The van der Waals surface area contributed by atoms with Gasteiger partial charge >= 0.3 is 0 Å². The van der Waals surface area contributed by atoms with Crippen molar-refractivity contribution < 1.29 is 5.11 Å². The van der Waals surface area contributed by atoms with Crippen molar-refractivity contribution in [2.24, 2.45) is 5.41 Å². The molecule has 0 spiro atoms. The lowest BCUT2D eigenvalue weighted by Crippen LogP contribution is -2.48. The summed E-state index contributed by atoms with van der Waals surface area (Å²) in [6.07, 6.45) is 0.736. The van der Waals surface area contributed by atoms with Gasteiger partial charge < -0.3 is 5.11 Å². The Morgan fingerprint density at radius 2 is 2.07 bits per heavy atom. The fourth-order valence-electron chi connectivity index (χ4n) is 1.97. The van der Waals surface area contributed by atoms with Crippen molar-refractivity contribution in [2.75, 3.05) is 18.4 Å². The number of aliphatic hydroxyl groups is 1. The zero-order valence-electron chi connectivity index (χ0n) is 9.68. The molecule has 0 amide bonds. The number of aliphatic hydroxyl groups excluding tert-OH is 1. The van der Waals surface area contributed by atoms with E-state index in [-0.39, 0.29) is 17.1 Å². The summed E-state index contributed by atoms with van der Waals surface area (Å²) < 4.78 is 0. The van der Waals surface area contributed by atoms with Crippen molar-refractivity contribution in [3.05, 3.63) is 0 Å². The van der Waals surface area contributed by atoms with E-state index < -0.39 is 0 Å². The second kappa shape index (κ2) is 4.11. The van der Waals surface area contributed by atoms with E-state index in [0.717, 1.165) is 24.8 Å². The topological polar surface area (TPSA) is 23.5 Å². The lowest BCUT2D eigenvalue weighted by atomic mass is 9.92. The molecule has 1 aliphatic rings. The molecule has 1 unspecified atom stereocenters. The number of hydrogen-bond donors (Lipinski definition) is 1. The molecule has 2 nitrogen and oxygen atoms in total. The molecule has 1 rings (SSSR count). The Morgan fingerprint density at radius 1 is 1.50 bits per heavy atom. The Morgan fingerprint density at radius 3 is 2.43 bits per heavy atom. The van der Waals surface area contributed by atoms with Crippen LogP contribution in [0.3, 0.4) is 0 Å². The average Bonchev–Trinajstić information content (AvgIpc) is 2.32. The van der Waals surface area contributed by atoms with Gasteiger partial charge in [0.25, 0.3) is 0 Å². The normalized spacial score (nSPS) is 28.3. The molecule has 0 aromatic carbocycles. The van der Waals surface area contributed by atoms with Crippen LogP contribution in [0.5, 0.6) is 0 Å². The first-order valence-electron chi connectivity index (χ1n) is 5.29. The van der Waals surface area contributed by atoms with E-state index >= 15 is 0 Å². The van der Waals surface area contributed by atoms with Crippen LogP contribution in [0.1, 0.15) is 34.1 Å². The van der Waals surface area contributed by atoms with Crippen molar-refractivity contribution >= 4 is 15.9 Å². The number of hydrogen-bond acceptors (Lipinski definition) is 2. The van der Waals surface area contributed by atoms with Gasteiger partial charge in [0.2, 0.25) is 0 Å². The van der Waals surface area contributed by atoms with Crippen LogP contribution in [-0.4, -0.2) is 40.1 Å². The summed E-state index contributed by atoms with van der Waals surface area (Å²) in [6.45, 7) is 10.8. The van der Waals surface area contributed by atoms with E-state index in [1.165, 1.54) is 0 Å². The summed E-state index contributed by atoms with van der Waals surface area (Å²) in [5, 5.41) is 10.8. The summed E-state index contributed by atoms with van der Waals surface area (Å²) in [6, 6.07) is 0. The van der Waals surface area contributed by atoms with Crippen LogP contribution >= 0.6 is 15.9 Å². The standard InChI is InChI=1S/C11H22BrNO/c1-10(2,7-12)8-13-6-5-9(14)11(13,3)4/h9,14H,5-8H2,1-4H3. The highest BCUT2D eigenvalue weighted by molar-refractivity contribution is 9.09. The second-order valence-electron chi connectivity index (χ2n) is 5.68. The first-order valence-corrected chi connectivity index (χ1v) is 6.41. The van der Waals surface area contributed by atoms with Crippen LogP contribution in [0.2, 0.25) is 0 Å². The van der Waals surface area contributed by atoms with Gasteiger partial charge in [-0.3, -0.25) is 4.90 Å². The smallest absolute Gasteiger partial charge is 0.0730 e. The molecule has 84 valence electrons. The number of likely N-dealkylation sites (tertiary alicyclic amines) is 1. The quantitative estimate of drug-likeness (QED) is 0.790. The maximum atomic E-state index is 9.84. The number of nitrogens with zero attached hydrogens (tertiary/aromatic N) is 1. The molecule has 1 fully saturated rings. The maximum absolute atomic E-state index is 9.84. The molecule has 0 bridgehead atoms. The first kappa shape index (κ1) is 12.5. The molecule has 0 radical (unpaired) electrons. The average molecular weight is 264 g/mol. The zero-order chi connectivity index (χ0) is 11.0. The fourth-order valence-corrected chi connectivity index (χ4v) is 2.15. The molecular weight excluding hydrogens is 242 g/mol. The van der Waals surface area contributed by atoms with Gasteiger partial charge in [-0.25, -0.2) is 0 Å².